The van der Waals surface area contributed by atoms with Crippen molar-refractivity contribution in [3.63, 3.8) is 0 Å². The zero-order chi connectivity index (χ0) is 25.3. The van der Waals surface area contributed by atoms with E-state index in [1.807, 2.05) is 24.3 Å². The van der Waals surface area contributed by atoms with Gasteiger partial charge in [-0.15, -0.1) is 0 Å². The Morgan fingerprint density at radius 3 is 2.53 bits per heavy atom. The van der Waals surface area contributed by atoms with E-state index in [2.05, 4.69) is 14.7 Å². The molecule has 2 N–H and O–H groups in total. The largest absolute Gasteiger partial charge is 0.465 e. The number of nitrogens with one attached hydrogen (secondary N) is 1. The van der Waals surface area contributed by atoms with Crippen LogP contribution >= 0.6 is 0 Å². The van der Waals surface area contributed by atoms with Crippen molar-refractivity contribution in [1.29, 1.82) is 0 Å². The van der Waals surface area contributed by atoms with Crippen LogP contribution in [0.4, 0.5) is 9.18 Å². The molecule has 1 aliphatic rings. The Morgan fingerprint density at radius 1 is 1.03 bits per heavy atom. The maximum Gasteiger partial charge on any atom is 0.408 e. The maximum atomic E-state index is 13.1. The highest BCUT2D eigenvalue weighted by atomic mass is 32.2. The molecule has 8 nitrogen and oxygen atoms in total. The lowest BCUT2D eigenvalue weighted by Crippen LogP contribution is -2.43. The average molecular weight is 507 g/mol. The molecule has 2 aromatic heterocycles. The molecular formula is C26H23FN4O4S. The van der Waals surface area contributed by atoms with Gasteiger partial charge in [0.05, 0.1) is 10.9 Å². The zero-order valence-corrected chi connectivity index (χ0v) is 19.9. The first-order valence-corrected chi connectivity index (χ1v) is 12.9. The number of nitrogens with zero attached hydrogens (tertiary/aromatic N) is 3. The summed E-state index contributed by atoms with van der Waals surface area (Å²) in [5.74, 6) is -0.558. The number of pyridine rings is 2. The first-order chi connectivity index (χ1) is 17.3. The van der Waals surface area contributed by atoms with Crippen LogP contribution in [0.25, 0.3) is 21.9 Å². The first-order valence-electron chi connectivity index (χ1n) is 11.4. The van der Waals surface area contributed by atoms with E-state index in [1.54, 1.807) is 30.5 Å². The molecule has 184 valence electrons. The molecule has 3 heterocycles. The fraction of sp³-hybridized carbons (Fsp3) is 0.192. The van der Waals surface area contributed by atoms with Gasteiger partial charge in [0.2, 0.25) is 16.0 Å². The average Bonchev–Trinajstić information content (AvgIpc) is 3.32. The third-order valence-corrected chi connectivity index (χ3v) is 8.00. The number of amides is 1. The van der Waals surface area contributed by atoms with Crippen molar-refractivity contribution < 1.29 is 22.7 Å². The van der Waals surface area contributed by atoms with E-state index in [9.17, 15) is 22.7 Å². The topological polar surface area (TPSA) is 112 Å². The standard InChI is InChI=1S/C26H23FN4O4S/c27-25-11-8-19(15-29-25)17-4-6-18(7-5-17)23-10-9-21(31(23)26(32)33)16-30-36(34,35)24-3-1-2-20-14-28-13-12-22(20)24/h1-8,11-15,21,23,30H,9-10,16H2,(H,32,33)/t21-,23?/m0/s1. The molecule has 1 saturated heterocycles. The summed E-state index contributed by atoms with van der Waals surface area (Å²) in [6.07, 6.45) is 4.55. The van der Waals surface area contributed by atoms with Gasteiger partial charge < -0.3 is 5.11 Å². The van der Waals surface area contributed by atoms with Crippen LogP contribution < -0.4 is 4.72 Å². The van der Waals surface area contributed by atoms with Gasteiger partial charge in [0.1, 0.15) is 0 Å². The quantitative estimate of drug-likeness (QED) is 0.370. The molecule has 1 amide bonds. The predicted octanol–water partition coefficient (Wildman–Crippen LogP) is 4.60. The number of aromatic nitrogens is 2. The van der Waals surface area contributed by atoms with Crippen LogP contribution in [0, 0.1) is 5.95 Å². The molecule has 2 atom stereocenters. The summed E-state index contributed by atoms with van der Waals surface area (Å²) in [6, 6.07) is 16.0. The second kappa shape index (κ2) is 9.63. The molecule has 5 rings (SSSR count). The predicted molar refractivity (Wildman–Crippen MR) is 132 cm³/mol. The highest BCUT2D eigenvalue weighted by Gasteiger charge is 2.38. The number of fused-ring (bicyclic) bond motifs is 1. The Balaban J connectivity index is 1.33. The van der Waals surface area contributed by atoms with Crippen LogP contribution in [0.3, 0.4) is 0 Å². The van der Waals surface area contributed by atoms with Crippen LogP contribution in [0.5, 0.6) is 0 Å². The summed E-state index contributed by atoms with van der Waals surface area (Å²) in [7, 11) is -3.87. The van der Waals surface area contributed by atoms with E-state index >= 15 is 0 Å². The van der Waals surface area contributed by atoms with Crippen molar-refractivity contribution in [2.75, 3.05) is 6.54 Å². The number of hydrogen-bond acceptors (Lipinski definition) is 5. The molecule has 0 saturated carbocycles. The van der Waals surface area contributed by atoms with Gasteiger partial charge in [-0.25, -0.2) is 22.9 Å². The molecular weight excluding hydrogens is 483 g/mol. The second-order valence-electron chi connectivity index (χ2n) is 8.63. The normalized spacial score (nSPS) is 18.0. The molecule has 10 heteroatoms. The lowest BCUT2D eigenvalue weighted by atomic mass is 10.0. The minimum Gasteiger partial charge on any atom is -0.465 e. The van der Waals surface area contributed by atoms with Gasteiger partial charge in [0.25, 0.3) is 0 Å². The summed E-state index contributed by atoms with van der Waals surface area (Å²) in [4.78, 5) is 21.3. The fourth-order valence-electron chi connectivity index (χ4n) is 4.76. The van der Waals surface area contributed by atoms with E-state index in [0.717, 1.165) is 16.7 Å². The Bertz CT molecular complexity index is 1510. The molecule has 36 heavy (non-hydrogen) atoms. The van der Waals surface area contributed by atoms with Gasteiger partial charge in [-0.1, -0.05) is 36.4 Å². The molecule has 0 radical (unpaired) electrons. The smallest absolute Gasteiger partial charge is 0.408 e. The highest BCUT2D eigenvalue weighted by molar-refractivity contribution is 7.89. The third-order valence-electron chi connectivity index (χ3n) is 6.52. The fourth-order valence-corrected chi connectivity index (χ4v) is 6.06. The first kappa shape index (κ1) is 23.8. The van der Waals surface area contributed by atoms with E-state index in [-0.39, 0.29) is 11.4 Å². The van der Waals surface area contributed by atoms with Crippen molar-refractivity contribution in [2.45, 2.75) is 29.8 Å². The Kier molecular flexibility index (Phi) is 6.38. The number of carbonyl (C=O) groups is 1. The maximum absolute atomic E-state index is 13.1. The van der Waals surface area contributed by atoms with Crippen molar-refractivity contribution in [3.8, 4) is 11.1 Å². The van der Waals surface area contributed by atoms with E-state index in [1.165, 1.54) is 29.4 Å². The minimum absolute atomic E-state index is 0.0358. The summed E-state index contributed by atoms with van der Waals surface area (Å²) < 4.78 is 41.9. The molecule has 2 aromatic carbocycles. The van der Waals surface area contributed by atoms with Crippen LogP contribution in [0.2, 0.25) is 0 Å². The lowest BCUT2D eigenvalue weighted by molar-refractivity contribution is 0.122. The lowest BCUT2D eigenvalue weighted by Gasteiger charge is -2.28. The van der Waals surface area contributed by atoms with Crippen molar-refractivity contribution in [3.05, 3.63) is 90.8 Å². The van der Waals surface area contributed by atoms with E-state index in [0.29, 0.717) is 23.6 Å². The van der Waals surface area contributed by atoms with Gasteiger partial charge in [-0.3, -0.25) is 9.88 Å². The number of likely N-dealkylation sites (tertiary alicyclic amines) is 1. The molecule has 1 unspecified atom stereocenters. The van der Waals surface area contributed by atoms with Crippen LogP contribution in [-0.4, -0.2) is 47.1 Å². The van der Waals surface area contributed by atoms with Crippen molar-refractivity contribution in [2.24, 2.45) is 0 Å². The number of rotatable bonds is 6. The number of sulfonamides is 1. The van der Waals surface area contributed by atoms with Gasteiger partial charge in [-0.05, 0) is 48.2 Å². The van der Waals surface area contributed by atoms with Crippen LogP contribution in [0.15, 0.2) is 84.1 Å². The summed E-state index contributed by atoms with van der Waals surface area (Å²) >= 11 is 0. The summed E-state index contributed by atoms with van der Waals surface area (Å²) in [6.45, 7) is -0.0358. The molecule has 0 spiro atoms. The van der Waals surface area contributed by atoms with Crippen molar-refractivity contribution in [1.82, 2.24) is 19.6 Å². The van der Waals surface area contributed by atoms with Crippen LogP contribution in [-0.2, 0) is 10.0 Å². The van der Waals surface area contributed by atoms with E-state index in [4.69, 9.17) is 0 Å². The molecule has 0 bridgehead atoms. The van der Waals surface area contributed by atoms with Gasteiger partial charge in [0.15, 0.2) is 0 Å². The van der Waals surface area contributed by atoms with Crippen molar-refractivity contribution >= 4 is 26.9 Å². The Labute approximate surface area is 207 Å². The SMILES string of the molecule is O=C(O)N1C(c2ccc(-c3ccc(F)nc3)cc2)CC[C@H]1CNS(=O)(=O)c1cccc2cnccc12. The number of benzene rings is 2. The molecule has 1 fully saturated rings. The Hall–Kier alpha value is -3.89. The number of carboxylic acid groups (broad SMARTS) is 1. The Morgan fingerprint density at radius 2 is 1.81 bits per heavy atom. The van der Waals surface area contributed by atoms with E-state index < -0.39 is 34.1 Å². The second-order valence-corrected chi connectivity index (χ2v) is 10.4. The molecule has 0 aliphatic carbocycles. The monoisotopic (exact) mass is 506 g/mol. The summed E-state index contributed by atoms with van der Waals surface area (Å²) in [5.41, 5.74) is 2.39. The summed E-state index contributed by atoms with van der Waals surface area (Å²) in [5, 5.41) is 11.2. The molecule has 1 aliphatic heterocycles. The highest BCUT2D eigenvalue weighted by Crippen LogP contribution is 2.37. The minimum atomic E-state index is -3.87. The number of hydrogen-bond donors (Lipinski definition) is 2. The van der Waals surface area contributed by atoms with Crippen LogP contribution in [0.1, 0.15) is 24.4 Å². The molecule has 4 aromatic rings. The van der Waals surface area contributed by atoms with Gasteiger partial charge in [-0.2, -0.15) is 4.39 Å². The third kappa shape index (κ3) is 4.65. The number of halogens is 1. The zero-order valence-electron chi connectivity index (χ0n) is 19.1. The van der Waals surface area contributed by atoms with Gasteiger partial charge >= 0.3 is 6.09 Å². The van der Waals surface area contributed by atoms with Gasteiger partial charge in [0, 0.05) is 47.5 Å².